The van der Waals surface area contributed by atoms with Gasteiger partial charge in [-0.1, -0.05) is 52.4 Å². The van der Waals surface area contributed by atoms with Crippen molar-refractivity contribution in [3.63, 3.8) is 0 Å². The second-order valence-corrected chi connectivity index (χ2v) is 8.90. The molecule has 0 radical (unpaired) electrons. The summed E-state index contributed by atoms with van der Waals surface area (Å²) in [5.74, 6) is 0.220. The fourth-order valence-corrected chi connectivity index (χ4v) is 3.81. The van der Waals surface area contributed by atoms with Crippen LogP contribution in [0.25, 0.3) is 0 Å². The van der Waals surface area contributed by atoms with Crippen LogP contribution in [0.15, 0.2) is 0 Å². The lowest BCUT2D eigenvalue weighted by atomic mass is 10.1. The Morgan fingerprint density at radius 2 is 1.63 bits per heavy atom. The van der Waals surface area contributed by atoms with Crippen molar-refractivity contribution in [2.45, 2.75) is 77.8 Å². The molecule has 1 unspecified atom stereocenters. The number of Topliss-reactive ketones (excluding diaryl/α,β-unsaturated/α-hetero) is 1. The predicted molar refractivity (Wildman–Crippen MR) is 82.7 cm³/mol. The zero-order valence-electron chi connectivity index (χ0n) is 13.3. The minimum Gasteiger partial charge on any atom is -0.398 e. The van der Waals surface area contributed by atoms with Crippen LogP contribution in [0.3, 0.4) is 0 Å². The van der Waals surface area contributed by atoms with Gasteiger partial charge in [0, 0.05) is 13.5 Å². The van der Waals surface area contributed by atoms with Gasteiger partial charge in [0.25, 0.3) is 0 Å². The van der Waals surface area contributed by atoms with E-state index in [0.717, 1.165) is 31.7 Å². The van der Waals surface area contributed by atoms with Crippen molar-refractivity contribution < 1.29 is 13.6 Å². The van der Waals surface area contributed by atoms with Crippen LogP contribution < -0.4 is 0 Å². The van der Waals surface area contributed by atoms with E-state index in [1.807, 2.05) is 0 Å². The number of hydrogen-bond donors (Lipinski definition) is 0. The van der Waals surface area contributed by atoms with Crippen LogP contribution in [-0.4, -0.2) is 28.1 Å². The van der Waals surface area contributed by atoms with E-state index in [1.54, 1.807) is 7.11 Å². The molecule has 0 fully saturated rings. The van der Waals surface area contributed by atoms with Crippen LogP contribution in [0.5, 0.6) is 0 Å². The average Bonchev–Trinajstić information content (AvgIpc) is 2.42. The summed E-state index contributed by atoms with van der Waals surface area (Å²) < 4.78 is 11.4. The molecule has 0 aromatic rings. The number of carbonyl (C=O) groups is 1. The van der Waals surface area contributed by atoms with Crippen LogP contribution in [0, 0.1) is 0 Å². The Bertz CT molecular complexity index is 233. The van der Waals surface area contributed by atoms with Gasteiger partial charge in [-0.25, -0.2) is 0 Å². The van der Waals surface area contributed by atoms with Crippen LogP contribution in [0.4, 0.5) is 0 Å². The maximum absolute atomic E-state index is 11.7. The molecule has 3 nitrogen and oxygen atoms in total. The van der Waals surface area contributed by atoms with Gasteiger partial charge in [-0.2, -0.15) is 0 Å². The van der Waals surface area contributed by atoms with Gasteiger partial charge in [0.15, 0.2) is 5.78 Å². The molecule has 0 bridgehead atoms. The molecule has 0 saturated heterocycles. The van der Waals surface area contributed by atoms with Gasteiger partial charge in [0.05, 0.1) is 6.61 Å². The highest BCUT2D eigenvalue weighted by molar-refractivity contribution is 6.66. The first-order valence-corrected chi connectivity index (χ1v) is 10.3. The number of carbonyl (C=O) groups excluding carboxylic acids is 1. The molecule has 19 heavy (non-hydrogen) atoms. The molecular formula is C15H32O3Si. The van der Waals surface area contributed by atoms with E-state index < -0.39 is 8.56 Å². The Kier molecular flexibility index (Phi) is 11.5. The van der Waals surface area contributed by atoms with Gasteiger partial charge >= 0.3 is 8.56 Å². The van der Waals surface area contributed by atoms with Crippen molar-refractivity contribution in [3.8, 4) is 0 Å². The molecule has 1 atom stereocenters. The third kappa shape index (κ3) is 10.3. The highest BCUT2D eigenvalue weighted by atomic mass is 28.4. The van der Waals surface area contributed by atoms with E-state index >= 15 is 0 Å². The number of hydrogen-bond acceptors (Lipinski definition) is 3. The normalized spacial score (nSPS) is 14.3. The molecule has 0 heterocycles. The van der Waals surface area contributed by atoms with E-state index in [1.165, 1.54) is 19.3 Å². The Hall–Kier alpha value is -0.193. The van der Waals surface area contributed by atoms with Crippen molar-refractivity contribution in [1.29, 1.82) is 0 Å². The monoisotopic (exact) mass is 288 g/mol. The van der Waals surface area contributed by atoms with Gasteiger partial charge in [-0.3, -0.25) is 4.79 Å². The van der Waals surface area contributed by atoms with E-state index in [9.17, 15) is 4.79 Å². The van der Waals surface area contributed by atoms with E-state index in [2.05, 4.69) is 20.4 Å². The van der Waals surface area contributed by atoms with Crippen molar-refractivity contribution in [2.75, 3.05) is 13.7 Å². The molecule has 0 aromatic carbocycles. The molecule has 0 aliphatic heterocycles. The summed E-state index contributed by atoms with van der Waals surface area (Å²) in [6, 6.07) is 0.992. The first-order chi connectivity index (χ1) is 9.08. The maximum Gasteiger partial charge on any atom is 0.335 e. The van der Waals surface area contributed by atoms with Crippen molar-refractivity contribution in [1.82, 2.24) is 0 Å². The Morgan fingerprint density at radius 1 is 1.00 bits per heavy atom. The zero-order valence-corrected chi connectivity index (χ0v) is 14.3. The third-order valence-electron chi connectivity index (χ3n) is 3.51. The summed E-state index contributed by atoms with van der Waals surface area (Å²) in [4.78, 5) is 11.7. The minimum atomic E-state index is -2.10. The highest BCUT2D eigenvalue weighted by Gasteiger charge is 2.30. The molecule has 0 N–H and O–H groups in total. The third-order valence-corrected chi connectivity index (χ3v) is 6.39. The zero-order chi connectivity index (χ0) is 14.6. The van der Waals surface area contributed by atoms with Gasteiger partial charge < -0.3 is 8.85 Å². The van der Waals surface area contributed by atoms with Crippen LogP contribution in [0.1, 0.15) is 65.2 Å². The van der Waals surface area contributed by atoms with Crippen molar-refractivity contribution in [2.24, 2.45) is 0 Å². The van der Waals surface area contributed by atoms with Crippen molar-refractivity contribution in [3.05, 3.63) is 0 Å². The Balaban J connectivity index is 3.85. The molecular weight excluding hydrogens is 256 g/mol. The largest absolute Gasteiger partial charge is 0.398 e. The second kappa shape index (κ2) is 11.6. The molecule has 4 heteroatoms. The Morgan fingerprint density at radius 3 is 2.21 bits per heavy atom. The molecule has 0 spiro atoms. The lowest BCUT2D eigenvalue weighted by Gasteiger charge is -2.24. The standard InChI is InChI=1S/C15H32O3Si/c1-5-7-9-11-13-19(4,17-3)18-14-15(16)12-10-8-6-2/h5-14H2,1-4H3. The first kappa shape index (κ1) is 18.8. The van der Waals surface area contributed by atoms with Gasteiger partial charge in [0.2, 0.25) is 0 Å². The van der Waals surface area contributed by atoms with Gasteiger partial charge in [-0.15, -0.1) is 0 Å². The predicted octanol–water partition coefficient (Wildman–Crippen LogP) is 4.45. The first-order valence-electron chi connectivity index (χ1n) is 7.78. The number of unbranched alkanes of at least 4 members (excludes halogenated alkanes) is 5. The highest BCUT2D eigenvalue weighted by Crippen LogP contribution is 2.18. The quantitative estimate of drug-likeness (QED) is 0.371. The molecule has 0 aromatic heterocycles. The smallest absolute Gasteiger partial charge is 0.335 e. The fraction of sp³-hybridized carbons (Fsp3) is 0.933. The Labute approximate surface area is 120 Å². The van der Waals surface area contributed by atoms with Gasteiger partial charge in [-0.05, 0) is 19.0 Å². The van der Waals surface area contributed by atoms with Gasteiger partial charge in [0.1, 0.15) is 0 Å². The van der Waals surface area contributed by atoms with Crippen LogP contribution in [0.2, 0.25) is 12.6 Å². The molecule has 0 aliphatic rings. The summed E-state index contributed by atoms with van der Waals surface area (Å²) in [5, 5.41) is 0. The molecule has 0 saturated carbocycles. The molecule has 114 valence electrons. The topological polar surface area (TPSA) is 35.5 Å². The number of ketones is 1. The summed E-state index contributed by atoms with van der Waals surface area (Å²) >= 11 is 0. The second-order valence-electron chi connectivity index (χ2n) is 5.43. The minimum absolute atomic E-state index is 0.220. The SMILES string of the molecule is CCCCCC[Si](C)(OC)OCC(=O)CCCCC. The summed E-state index contributed by atoms with van der Waals surface area (Å²) in [5.41, 5.74) is 0. The van der Waals surface area contributed by atoms with Crippen LogP contribution >= 0.6 is 0 Å². The van der Waals surface area contributed by atoms with E-state index in [0.29, 0.717) is 6.42 Å². The molecule has 0 aliphatic carbocycles. The molecule has 0 rings (SSSR count). The molecule has 0 amide bonds. The van der Waals surface area contributed by atoms with E-state index in [-0.39, 0.29) is 12.4 Å². The number of rotatable bonds is 13. The van der Waals surface area contributed by atoms with Crippen LogP contribution in [-0.2, 0) is 13.6 Å². The summed E-state index contributed by atoms with van der Waals surface area (Å²) in [7, 11) is -0.389. The lowest BCUT2D eigenvalue weighted by molar-refractivity contribution is -0.121. The van der Waals surface area contributed by atoms with E-state index in [4.69, 9.17) is 8.85 Å². The van der Waals surface area contributed by atoms with Crippen molar-refractivity contribution >= 4 is 14.3 Å². The fourth-order valence-electron chi connectivity index (χ4n) is 1.98. The summed E-state index contributed by atoms with van der Waals surface area (Å²) in [6.07, 6.45) is 8.80. The summed E-state index contributed by atoms with van der Waals surface area (Å²) in [6.45, 7) is 6.66. The maximum atomic E-state index is 11.7. The average molecular weight is 289 g/mol. The lowest BCUT2D eigenvalue weighted by Crippen LogP contribution is -2.39.